The third-order valence-electron chi connectivity index (χ3n) is 4.23. The Labute approximate surface area is 165 Å². The van der Waals surface area contributed by atoms with Crippen LogP contribution in [0, 0.1) is 10.1 Å². The third kappa shape index (κ3) is 4.41. The molecule has 0 fully saturated rings. The summed E-state index contributed by atoms with van der Waals surface area (Å²) >= 11 is 3.23. The molecule has 0 aromatic heterocycles. The number of amides is 1. The van der Waals surface area contributed by atoms with Crippen molar-refractivity contribution in [3.8, 4) is 0 Å². The van der Waals surface area contributed by atoms with Gasteiger partial charge in [-0.1, -0.05) is 82.7 Å². The number of halogens is 1. The average molecular weight is 425 g/mol. The van der Waals surface area contributed by atoms with Crippen molar-refractivity contribution in [2.75, 3.05) is 0 Å². The second kappa shape index (κ2) is 8.60. The number of nitro benzene ring substituents is 1. The van der Waals surface area contributed by atoms with Gasteiger partial charge in [-0.2, -0.15) is 0 Å². The van der Waals surface area contributed by atoms with Crippen molar-refractivity contribution in [1.29, 1.82) is 0 Å². The fourth-order valence-corrected chi connectivity index (χ4v) is 3.33. The second-order valence-electron chi connectivity index (χ2n) is 5.96. The van der Waals surface area contributed by atoms with E-state index in [2.05, 4.69) is 21.2 Å². The van der Waals surface area contributed by atoms with E-state index in [4.69, 9.17) is 0 Å². The Morgan fingerprint density at radius 3 is 2.00 bits per heavy atom. The highest BCUT2D eigenvalue weighted by molar-refractivity contribution is 9.08. The number of hydrogen-bond acceptors (Lipinski definition) is 3. The second-order valence-corrected chi connectivity index (χ2v) is 6.52. The van der Waals surface area contributed by atoms with Crippen molar-refractivity contribution < 1.29 is 9.72 Å². The van der Waals surface area contributed by atoms with Crippen LogP contribution in [-0.2, 0) is 5.33 Å². The zero-order valence-corrected chi connectivity index (χ0v) is 15.9. The van der Waals surface area contributed by atoms with E-state index >= 15 is 0 Å². The first-order valence-electron chi connectivity index (χ1n) is 8.34. The number of hydrogen-bond donors (Lipinski definition) is 1. The number of carbonyl (C=O) groups is 1. The Morgan fingerprint density at radius 2 is 1.52 bits per heavy atom. The van der Waals surface area contributed by atoms with Crippen LogP contribution in [0.5, 0.6) is 0 Å². The number of alkyl halides is 1. The lowest BCUT2D eigenvalue weighted by molar-refractivity contribution is -0.385. The molecular weight excluding hydrogens is 408 g/mol. The van der Waals surface area contributed by atoms with Gasteiger partial charge in [-0.25, -0.2) is 0 Å². The van der Waals surface area contributed by atoms with Crippen LogP contribution in [0.3, 0.4) is 0 Å². The topological polar surface area (TPSA) is 72.2 Å². The summed E-state index contributed by atoms with van der Waals surface area (Å²) in [5.41, 5.74) is 2.57. The Morgan fingerprint density at radius 1 is 0.963 bits per heavy atom. The molecule has 0 atom stereocenters. The lowest BCUT2D eigenvalue weighted by atomic mass is 9.98. The molecular formula is C21H17BrN2O3. The van der Waals surface area contributed by atoms with Crippen molar-refractivity contribution in [1.82, 2.24) is 5.32 Å². The van der Waals surface area contributed by atoms with E-state index in [0.717, 1.165) is 11.1 Å². The van der Waals surface area contributed by atoms with Crippen molar-refractivity contribution >= 4 is 27.5 Å². The Balaban J connectivity index is 1.94. The van der Waals surface area contributed by atoms with Crippen molar-refractivity contribution in [2.45, 2.75) is 11.4 Å². The van der Waals surface area contributed by atoms with Gasteiger partial charge in [0.2, 0.25) is 0 Å². The minimum absolute atomic E-state index is 0.0736. The maximum Gasteiger partial charge on any atom is 0.274 e. The van der Waals surface area contributed by atoms with Gasteiger partial charge in [-0.15, -0.1) is 0 Å². The van der Waals surface area contributed by atoms with E-state index < -0.39 is 4.92 Å². The van der Waals surface area contributed by atoms with Gasteiger partial charge in [-0.05, 0) is 17.2 Å². The summed E-state index contributed by atoms with van der Waals surface area (Å²) in [5, 5.41) is 14.6. The number of rotatable bonds is 6. The molecule has 0 saturated carbocycles. The molecule has 0 saturated heterocycles. The maximum atomic E-state index is 12.8. The fraction of sp³-hybridized carbons (Fsp3) is 0.0952. The van der Waals surface area contributed by atoms with Gasteiger partial charge < -0.3 is 5.32 Å². The lowest BCUT2D eigenvalue weighted by Gasteiger charge is -2.20. The van der Waals surface area contributed by atoms with E-state index in [-0.39, 0.29) is 23.2 Å². The predicted molar refractivity (Wildman–Crippen MR) is 108 cm³/mol. The smallest absolute Gasteiger partial charge is 0.274 e. The maximum absolute atomic E-state index is 12.8. The summed E-state index contributed by atoms with van der Waals surface area (Å²) in [6.45, 7) is 0. The minimum atomic E-state index is -0.473. The zero-order valence-electron chi connectivity index (χ0n) is 14.3. The van der Waals surface area contributed by atoms with Gasteiger partial charge >= 0.3 is 0 Å². The lowest BCUT2D eigenvalue weighted by Crippen LogP contribution is -2.29. The Kier molecular flexibility index (Phi) is 5.98. The van der Waals surface area contributed by atoms with Crippen molar-refractivity contribution in [2.24, 2.45) is 0 Å². The number of carbonyl (C=O) groups excluding carboxylic acids is 1. The molecule has 27 heavy (non-hydrogen) atoms. The quantitative estimate of drug-likeness (QED) is 0.343. The largest absolute Gasteiger partial charge is 0.341 e. The molecule has 5 nitrogen and oxygen atoms in total. The zero-order chi connectivity index (χ0) is 19.2. The summed E-state index contributed by atoms with van der Waals surface area (Å²) < 4.78 is 0. The third-order valence-corrected chi connectivity index (χ3v) is 4.83. The first kappa shape index (κ1) is 18.8. The number of nitrogens with zero attached hydrogens (tertiary/aromatic N) is 1. The predicted octanol–water partition coefficient (Wildman–Crippen LogP) is 5.01. The van der Waals surface area contributed by atoms with Gasteiger partial charge in [-0.3, -0.25) is 14.9 Å². The van der Waals surface area contributed by atoms with Crippen molar-refractivity contribution in [3.63, 3.8) is 0 Å². The van der Waals surface area contributed by atoms with Crippen LogP contribution in [0.1, 0.15) is 33.1 Å². The average Bonchev–Trinajstić information content (AvgIpc) is 2.72. The SMILES string of the molecule is O=C(NC(c1ccccc1)c1ccccc1)c1ccc(CBr)c([N+](=O)[O-])c1. The molecule has 0 aliphatic heterocycles. The highest BCUT2D eigenvalue weighted by Crippen LogP contribution is 2.25. The molecule has 3 aromatic rings. The van der Waals surface area contributed by atoms with Crippen molar-refractivity contribution in [3.05, 3.63) is 111 Å². The normalized spacial score (nSPS) is 10.6. The summed E-state index contributed by atoms with van der Waals surface area (Å²) in [6.07, 6.45) is 0. The van der Waals surface area contributed by atoms with Crippen LogP contribution in [0.15, 0.2) is 78.9 Å². The van der Waals surface area contributed by atoms with E-state index in [1.54, 1.807) is 12.1 Å². The first-order chi connectivity index (χ1) is 13.1. The number of nitrogens with one attached hydrogen (secondary N) is 1. The highest BCUT2D eigenvalue weighted by atomic mass is 79.9. The standard InChI is InChI=1S/C21H17BrN2O3/c22-14-18-12-11-17(13-19(18)24(26)27)21(25)23-20(15-7-3-1-4-8-15)16-9-5-2-6-10-16/h1-13,20H,14H2,(H,23,25). The molecule has 1 amide bonds. The Bertz CT molecular complexity index is 907. The molecule has 0 spiro atoms. The summed E-state index contributed by atoms with van der Waals surface area (Å²) in [7, 11) is 0. The van der Waals surface area contributed by atoms with Gasteiger partial charge in [0.15, 0.2) is 0 Å². The number of benzene rings is 3. The monoisotopic (exact) mass is 424 g/mol. The Hall–Kier alpha value is -2.99. The van der Waals surface area contributed by atoms with Gasteiger partial charge in [0, 0.05) is 22.5 Å². The molecule has 0 aliphatic rings. The van der Waals surface area contributed by atoms with Crippen LogP contribution in [0.4, 0.5) is 5.69 Å². The fourth-order valence-electron chi connectivity index (χ4n) is 2.85. The molecule has 0 bridgehead atoms. The van der Waals surface area contributed by atoms with Crippen LogP contribution >= 0.6 is 15.9 Å². The first-order valence-corrected chi connectivity index (χ1v) is 9.46. The minimum Gasteiger partial charge on any atom is -0.341 e. The van der Waals surface area contributed by atoms with E-state index in [1.165, 1.54) is 6.07 Å². The molecule has 1 N–H and O–H groups in total. The molecule has 0 radical (unpaired) electrons. The molecule has 136 valence electrons. The highest BCUT2D eigenvalue weighted by Gasteiger charge is 2.20. The molecule has 6 heteroatoms. The molecule has 3 aromatic carbocycles. The summed E-state index contributed by atoms with van der Waals surface area (Å²) in [4.78, 5) is 23.6. The van der Waals surface area contributed by atoms with E-state index in [0.29, 0.717) is 10.9 Å². The van der Waals surface area contributed by atoms with Crippen LogP contribution in [-0.4, -0.2) is 10.8 Å². The van der Waals surface area contributed by atoms with Gasteiger partial charge in [0.05, 0.1) is 11.0 Å². The van der Waals surface area contributed by atoms with Gasteiger partial charge in [0.1, 0.15) is 0 Å². The molecule has 3 rings (SSSR count). The number of nitro groups is 1. The summed E-state index contributed by atoms with van der Waals surface area (Å²) in [6, 6.07) is 23.4. The van der Waals surface area contributed by atoms with E-state index in [1.807, 2.05) is 60.7 Å². The van der Waals surface area contributed by atoms with Crippen LogP contribution in [0.2, 0.25) is 0 Å². The molecule has 0 aliphatic carbocycles. The summed E-state index contributed by atoms with van der Waals surface area (Å²) in [5.74, 6) is -0.364. The molecule has 0 heterocycles. The molecule has 0 unspecified atom stereocenters. The van der Waals surface area contributed by atoms with E-state index in [9.17, 15) is 14.9 Å². The van der Waals surface area contributed by atoms with Gasteiger partial charge in [0.25, 0.3) is 11.6 Å². The van der Waals surface area contributed by atoms with Crippen LogP contribution in [0.25, 0.3) is 0 Å². The van der Waals surface area contributed by atoms with Crippen LogP contribution < -0.4 is 5.32 Å².